The third-order valence-corrected chi connectivity index (χ3v) is 3.47. The van der Waals surface area contributed by atoms with Crippen LogP contribution in [-0.2, 0) is 6.42 Å². The molecule has 0 aliphatic rings. The van der Waals surface area contributed by atoms with Crippen LogP contribution >= 0.6 is 0 Å². The van der Waals surface area contributed by atoms with Crippen LogP contribution < -0.4 is 10.6 Å². The average Bonchev–Trinajstić information content (AvgIpc) is 2.26. The first kappa shape index (κ1) is 16.0. The molecule has 0 saturated heterocycles. The molecule has 1 rings (SSSR count). The SMILES string of the molecule is Cc1cc(CC(C)N)cnc1N(C)C(C)CC(C)C. The number of anilines is 1. The third-order valence-electron chi connectivity index (χ3n) is 3.47. The van der Waals surface area contributed by atoms with Gasteiger partial charge in [-0.2, -0.15) is 0 Å². The Morgan fingerprint density at radius 2 is 1.89 bits per heavy atom. The quantitative estimate of drug-likeness (QED) is 0.857. The summed E-state index contributed by atoms with van der Waals surface area (Å²) in [6.07, 6.45) is 4.03. The van der Waals surface area contributed by atoms with Crippen LogP contribution in [0.5, 0.6) is 0 Å². The number of aryl methyl sites for hydroxylation is 1. The molecule has 0 fully saturated rings. The number of hydrogen-bond acceptors (Lipinski definition) is 3. The van der Waals surface area contributed by atoms with Crippen molar-refractivity contribution in [2.75, 3.05) is 11.9 Å². The zero-order chi connectivity index (χ0) is 14.6. The highest BCUT2D eigenvalue weighted by Crippen LogP contribution is 2.21. The molecule has 108 valence electrons. The van der Waals surface area contributed by atoms with Gasteiger partial charge in [0.15, 0.2) is 0 Å². The van der Waals surface area contributed by atoms with Gasteiger partial charge in [-0.25, -0.2) is 4.98 Å². The molecular weight excluding hydrogens is 234 g/mol. The topological polar surface area (TPSA) is 42.1 Å². The van der Waals surface area contributed by atoms with Gasteiger partial charge in [0, 0.05) is 25.3 Å². The van der Waals surface area contributed by atoms with Crippen LogP contribution in [0.1, 0.15) is 45.2 Å². The molecule has 0 bridgehead atoms. The van der Waals surface area contributed by atoms with Crippen LogP contribution in [-0.4, -0.2) is 24.1 Å². The molecule has 19 heavy (non-hydrogen) atoms. The van der Waals surface area contributed by atoms with Crippen molar-refractivity contribution >= 4 is 5.82 Å². The fourth-order valence-electron chi connectivity index (χ4n) is 2.53. The monoisotopic (exact) mass is 263 g/mol. The van der Waals surface area contributed by atoms with Crippen LogP contribution in [0.25, 0.3) is 0 Å². The highest BCUT2D eigenvalue weighted by molar-refractivity contribution is 5.47. The minimum atomic E-state index is 0.185. The van der Waals surface area contributed by atoms with E-state index >= 15 is 0 Å². The summed E-state index contributed by atoms with van der Waals surface area (Å²) in [6.45, 7) is 10.9. The van der Waals surface area contributed by atoms with E-state index in [0.717, 1.165) is 12.2 Å². The number of hydrogen-bond donors (Lipinski definition) is 1. The first-order valence-corrected chi connectivity index (χ1v) is 7.25. The minimum Gasteiger partial charge on any atom is -0.357 e. The van der Waals surface area contributed by atoms with Crippen LogP contribution in [0.15, 0.2) is 12.3 Å². The zero-order valence-electron chi connectivity index (χ0n) is 13.3. The molecule has 0 aliphatic heterocycles. The van der Waals surface area contributed by atoms with E-state index in [1.165, 1.54) is 17.5 Å². The largest absolute Gasteiger partial charge is 0.357 e. The number of rotatable bonds is 6. The van der Waals surface area contributed by atoms with Gasteiger partial charge in [-0.1, -0.05) is 19.9 Å². The molecule has 0 spiro atoms. The molecule has 1 heterocycles. The summed E-state index contributed by atoms with van der Waals surface area (Å²) in [4.78, 5) is 6.91. The summed E-state index contributed by atoms with van der Waals surface area (Å²) in [6, 6.07) is 2.90. The van der Waals surface area contributed by atoms with Crippen molar-refractivity contribution in [3.8, 4) is 0 Å². The van der Waals surface area contributed by atoms with E-state index < -0.39 is 0 Å². The van der Waals surface area contributed by atoms with Crippen molar-refractivity contribution in [1.82, 2.24) is 4.98 Å². The molecule has 3 heteroatoms. The van der Waals surface area contributed by atoms with Gasteiger partial charge < -0.3 is 10.6 Å². The van der Waals surface area contributed by atoms with Crippen LogP contribution in [0.2, 0.25) is 0 Å². The molecule has 0 amide bonds. The summed E-state index contributed by atoms with van der Waals surface area (Å²) in [5, 5.41) is 0. The van der Waals surface area contributed by atoms with Crippen molar-refractivity contribution in [1.29, 1.82) is 0 Å². The number of pyridine rings is 1. The summed E-state index contributed by atoms with van der Waals surface area (Å²) >= 11 is 0. The minimum absolute atomic E-state index is 0.185. The average molecular weight is 263 g/mol. The van der Waals surface area contributed by atoms with Crippen molar-refractivity contribution in [2.24, 2.45) is 11.7 Å². The highest BCUT2D eigenvalue weighted by atomic mass is 15.2. The van der Waals surface area contributed by atoms with Crippen LogP contribution in [0.4, 0.5) is 5.82 Å². The lowest BCUT2D eigenvalue weighted by molar-refractivity contribution is 0.501. The summed E-state index contributed by atoms with van der Waals surface area (Å²) in [5.41, 5.74) is 8.29. The van der Waals surface area contributed by atoms with Crippen molar-refractivity contribution < 1.29 is 0 Å². The van der Waals surface area contributed by atoms with E-state index in [1.54, 1.807) is 0 Å². The first-order chi connectivity index (χ1) is 8.81. The Hall–Kier alpha value is -1.09. The van der Waals surface area contributed by atoms with E-state index in [9.17, 15) is 0 Å². The van der Waals surface area contributed by atoms with E-state index in [-0.39, 0.29) is 6.04 Å². The normalized spacial score (nSPS) is 14.5. The Labute approximate surface area is 118 Å². The Kier molecular flexibility index (Phi) is 5.80. The Morgan fingerprint density at radius 1 is 1.26 bits per heavy atom. The van der Waals surface area contributed by atoms with Gasteiger partial charge in [-0.05, 0) is 50.7 Å². The van der Waals surface area contributed by atoms with Gasteiger partial charge in [0.1, 0.15) is 5.82 Å². The van der Waals surface area contributed by atoms with E-state index in [1.807, 2.05) is 13.1 Å². The molecule has 1 aromatic rings. The Balaban J connectivity index is 2.83. The molecule has 0 aliphatic carbocycles. The second-order valence-electron chi connectivity index (χ2n) is 6.25. The molecule has 0 aromatic carbocycles. The predicted octanol–water partition coefficient (Wildman–Crippen LogP) is 3.15. The second-order valence-corrected chi connectivity index (χ2v) is 6.25. The van der Waals surface area contributed by atoms with E-state index in [2.05, 4.69) is 50.7 Å². The fraction of sp³-hybridized carbons (Fsp3) is 0.688. The van der Waals surface area contributed by atoms with Gasteiger partial charge in [0.05, 0.1) is 0 Å². The first-order valence-electron chi connectivity index (χ1n) is 7.25. The second kappa shape index (κ2) is 6.90. The van der Waals surface area contributed by atoms with Crippen LogP contribution in [0, 0.1) is 12.8 Å². The maximum atomic E-state index is 5.84. The maximum Gasteiger partial charge on any atom is 0.131 e. The standard InChI is InChI=1S/C16H29N3/c1-11(2)7-14(5)19(6)16-12(3)8-15(10-18-16)9-13(4)17/h8,10-11,13-14H,7,9,17H2,1-6H3. The van der Waals surface area contributed by atoms with Crippen molar-refractivity contribution in [3.05, 3.63) is 23.4 Å². The third kappa shape index (κ3) is 4.83. The Bertz CT molecular complexity index is 399. The predicted molar refractivity (Wildman–Crippen MR) is 83.6 cm³/mol. The summed E-state index contributed by atoms with van der Waals surface area (Å²) in [5.74, 6) is 1.79. The number of nitrogens with two attached hydrogens (primary N) is 1. The van der Waals surface area contributed by atoms with Crippen LogP contribution in [0.3, 0.4) is 0 Å². The molecule has 2 atom stereocenters. The zero-order valence-corrected chi connectivity index (χ0v) is 13.3. The number of nitrogens with zero attached hydrogens (tertiary/aromatic N) is 2. The van der Waals surface area contributed by atoms with Crippen molar-refractivity contribution in [2.45, 2.75) is 59.5 Å². The fourth-order valence-corrected chi connectivity index (χ4v) is 2.53. The molecule has 2 unspecified atom stereocenters. The maximum absolute atomic E-state index is 5.84. The number of aromatic nitrogens is 1. The lowest BCUT2D eigenvalue weighted by Crippen LogP contribution is -2.31. The van der Waals surface area contributed by atoms with E-state index in [0.29, 0.717) is 12.0 Å². The molecule has 3 nitrogen and oxygen atoms in total. The summed E-state index contributed by atoms with van der Waals surface area (Å²) < 4.78 is 0. The molecular formula is C16H29N3. The van der Waals surface area contributed by atoms with Gasteiger partial charge >= 0.3 is 0 Å². The molecule has 1 aromatic heterocycles. The molecule has 0 saturated carbocycles. The van der Waals surface area contributed by atoms with Gasteiger partial charge in [-0.3, -0.25) is 0 Å². The molecule has 0 radical (unpaired) electrons. The van der Waals surface area contributed by atoms with Gasteiger partial charge in [0.25, 0.3) is 0 Å². The highest BCUT2D eigenvalue weighted by Gasteiger charge is 2.15. The van der Waals surface area contributed by atoms with Gasteiger partial charge in [0.2, 0.25) is 0 Å². The molecule has 2 N–H and O–H groups in total. The van der Waals surface area contributed by atoms with E-state index in [4.69, 9.17) is 5.73 Å². The summed E-state index contributed by atoms with van der Waals surface area (Å²) in [7, 11) is 2.13. The van der Waals surface area contributed by atoms with Crippen molar-refractivity contribution in [3.63, 3.8) is 0 Å². The smallest absolute Gasteiger partial charge is 0.131 e. The Morgan fingerprint density at radius 3 is 2.37 bits per heavy atom. The lowest BCUT2D eigenvalue weighted by Gasteiger charge is -2.28. The van der Waals surface area contributed by atoms with Gasteiger partial charge in [-0.15, -0.1) is 0 Å². The lowest BCUT2D eigenvalue weighted by atomic mass is 10.0.